The van der Waals surface area contributed by atoms with Gasteiger partial charge in [0.1, 0.15) is 11.0 Å². The van der Waals surface area contributed by atoms with E-state index < -0.39 is 0 Å². The highest BCUT2D eigenvalue weighted by Gasteiger charge is 2.21. The van der Waals surface area contributed by atoms with Crippen molar-refractivity contribution < 1.29 is 4.42 Å². The van der Waals surface area contributed by atoms with E-state index in [1.165, 1.54) is 5.56 Å². The van der Waals surface area contributed by atoms with E-state index in [1.807, 2.05) is 24.3 Å². The van der Waals surface area contributed by atoms with Crippen molar-refractivity contribution in [3.8, 4) is 0 Å². The van der Waals surface area contributed by atoms with Gasteiger partial charge in [0.2, 0.25) is 5.55 Å². The van der Waals surface area contributed by atoms with E-state index >= 15 is 0 Å². The number of aromatic amines is 1. The van der Waals surface area contributed by atoms with Crippen molar-refractivity contribution >= 4 is 32.5 Å². The highest BCUT2D eigenvalue weighted by atomic mass is 16.3. The maximum absolute atomic E-state index is 12.5. The first-order chi connectivity index (χ1) is 11.2. The van der Waals surface area contributed by atoms with Gasteiger partial charge in [0.15, 0.2) is 0 Å². The van der Waals surface area contributed by atoms with E-state index in [0.717, 1.165) is 46.5 Å². The number of rotatable bonds is 0. The second-order valence-corrected chi connectivity index (χ2v) is 6.11. The Morgan fingerprint density at radius 3 is 2.78 bits per heavy atom. The monoisotopic (exact) mass is 302 g/mol. The molecule has 4 heteroatoms. The predicted octanol–water partition coefficient (Wildman–Crippen LogP) is 3.40. The first kappa shape index (κ1) is 12.6. The van der Waals surface area contributed by atoms with Gasteiger partial charge in [0.05, 0.1) is 0 Å². The zero-order valence-corrected chi connectivity index (χ0v) is 12.4. The molecule has 5 rings (SSSR count). The molecule has 112 valence electrons. The van der Waals surface area contributed by atoms with Gasteiger partial charge < -0.3 is 9.40 Å². The van der Waals surface area contributed by atoms with E-state index in [0.29, 0.717) is 11.0 Å². The van der Waals surface area contributed by atoms with Crippen molar-refractivity contribution in [3.63, 3.8) is 0 Å². The van der Waals surface area contributed by atoms with Crippen molar-refractivity contribution in [1.29, 1.82) is 5.41 Å². The Morgan fingerprint density at radius 2 is 1.87 bits per heavy atom. The molecule has 0 atom stereocenters. The molecule has 2 heterocycles. The van der Waals surface area contributed by atoms with Crippen LogP contribution >= 0.6 is 0 Å². The molecule has 4 aromatic rings. The first-order valence-electron chi connectivity index (χ1n) is 7.81. The molecule has 0 saturated heterocycles. The molecule has 0 bridgehead atoms. The quantitative estimate of drug-likeness (QED) is 0.489. The molecule has 0 spiro atoms. The zero-order valence-electron chi connectivity index (χ0n) is 12.4. The zero-order chi connectivity index (χ0) is 15.6. The summed E-state index contributed by atoms with van der Waals surface area (Å²) in [6.07, 6.45) is 2.87. The SMILES string of the molecule is N=c1oc2ccc3ccccc3c2c2c3c([nH]c(=O)c12)CCC3. The summed E-state index contributed by atoms with van der Waals surface area (Å²) < 4.78 is 5.67. The number of nitrogens with one attached hydrogen (secondary N) is 2. The van der Waals surface area contributed by atoms with Crippen LogP contribution in [-0.4, -0.2) is 4.98 Å². The van der Waals surface area contributed by atoms with Crippen molar-refractivity contribution in [1.82, 2.24) is 4.98 Å². The second kappa shape index (κ2) is 4.32. The Bertz CT molecular complexity index is 1230. The third-order valence-corrected chi connectivity index (χ3v) is 4.84. The number of aryl methyl sites for hydroxylation is 2. The Balaban J connectivity index is 2.21. The van der Waals surface area contributed by atoms with Crippen LogP contribution < -0.4 is 11.1 Å². The van der Waals surface area contributed by atoms with Crippen LogP contribution in [0.2, 0.25) is 0 Å². The Morgan fingerprint density at radius 1 is 1.00 bits per heavy atom. The highest BCUT2D eigenvalue weighted by Crippen LogP contribution is 2.34. The Labute approximate surface area is 130 Å². The topological polar surface area (TPSA) is 69.8 Å². The normalized spacial score (nSPS) is 13.9. The fourth-order valence-corrected chi connectivity index (χ4v) is 3.87. The van der Waals surface area contributed by atoms with Crippen molar-refractivity contribution in [2.75, 3.05) is 0 Å². The summed E-state index contributed by atoms with van der Waals surface area (Å²) in [5.41, 5.74) is 2.58. The van der Waals surface area contributed by atoms with E-state index in [-0.39, 0.29) is 11.1 Å². The maximum Gasteiger partial charge on any atom is 0.261 e. The largest absolute Gasteiger partial charge is 0.438 e. The molecular weight excluding hydrogens is 288 g/mol. The van der Waals surface area contributed by atoms with Crippen LogP contribution in [0.15, 0.2) is 45.6 Å². The summed E-state index contributed by atoms with van der Waals surface area (Å²) in [6.45, 7) is 0. The van der Waals surface area contributed by atoms with Gasteiger partial charge in [-0.1, -0.05) is 30.3 Å². The minimum absolute atomic E-state index is 0.0567. The Kier molecular flexibility index (Phi) is 2.37. The average Bonchev–Trinajstić information content (AvgIpc) is 3.02. The molecule has 0 radical (unpaired) electrons. The molecule has 1 aliphatic rings. The standard InChI is InChI=1S/C19H14N2O2/c20-18-17-16(12-6-3-7-13(12)21-19(17)22)15-11-5-2-1-4-10(11)8-9-14(15)23-18/h1-2,4-5,8-9,20H,3,6-7H2,(H,21,22). The number of benzene rings is 2. The molecule has 0 fully saturated rings. The maximum atomic E-state index is 12.5. The minimum Gasteiger partial charge on any atom is -0.438 e. The summed E-state index contributed by atoms with van der Waals surface area (Å²) in [5.74, 6) is 0. The minimum atomic E-state index is -0.218. The third kappa shape index (κ3) is 1.60. The molecule has 2 aromatic heterocycles. The molecule has 0 unspecified atom stereocenters. The third-order valence-electron chi connectivity index (χ3n) is 4.84. The lowest BCUT2D eigenvalue weighted by atomic mass is 9.98. The van der Waals surface area contributed by atoms with Crippen LogP contribution in [0.4, 0.5) is 0 Å². The van der Waals surface area contributed by atoms with E-state index in [2.05, 4.69) is 17.1 Å². The van der Waals surface area contributed by atoms with Gasteiger partial charge in [-0.2, -0.15) is 0 Å². The number of pyridine rings is 1. The molecule has 4 nitrogen and oxygen atoms in total. The number of H-pyrrole nitrogens is 1. The van der Waals surface area contributed by atoms with Crippen molar-refractivity contribution in [2.24, 2.45) is 0 Å². The first-order valence-corrected chi connectivity index (χ1v) is 7.81. The van der Waals surface area contributed by atoms with Crippen molar-refractivity contribution in [2.45, 2.75) is 19.3 Å². The summed E-state index contributed by atoms with van der Waals surface area (Å²) in [5, 5.41) is 12.6. The molecule has 0 amide bonds. The summed E-state index contributed by atoms with van der Waals surface area (Å²) in [7, 11) is 0. The lowest BCUT2D eigenvalue weighted by Gasteiger charge is -2.10. The number of aromatic nitrogens is 1. The predicted molar refractivity (Wildman–Crippen MR) is 89.7 cm³/mol. The average molecular weight is 302 g/mol. The van der Waals surface area contributed by atoms with Crippen molar-refractivity contribution in [3.05, 3.63) is 63.6 Å². The number of hydrogen-bond donors (Lipinski definition) is 2. The fourth-order valence-electron chi connectivity index (χ4n) is 3.87. The van der Waals surface area contributed by atoms with Gasteiger partial charge in [0, 0.05) is 16.5 Å². The van der Waals surface area contributed by atoms with Gasteiger partial charge in [-0.15, -0.1) is 0 Å². The molecule has 2 N–H and O–H groups in total. The van der Waals surface area contributed by atoms with E-state index in [1.54, 1.807) is 0 Å². The number of hydrogen-bond acceptors (Lipinski definition) is 3. The van der Waals surface area contributed by atoms with Crippen LogP contribution in [0.3, 0.4) is 0 Å². The lowest BCUT2D eigenvalue weighted by Crippen LogP contribution is -2.18. The fraction of sp³-hybridized carbons (Fsp3) is 0.158. The van der Waals surface area contributed by atoms with Gasteiger partial charge in [-0.05, 0) is 41.7 Å². The Hall–Kier alpha value is -2.88. The van der Waals surface area contributed by atoms with Crippen LogP contribution in [-0.2, 0) is 12.8 Å². The molecule has 1 aliphatic carbocycles. The molecule has 2 aromatic carbocycles. The van der Waals surface area contributed by atoms with Gasteiger partial charge >= 0.3 is 0 Å². The van der Waals surface area contributed by atoms with E-state index in [9.17, 15) is 4.79 Å². The van der Waals surface area contributed by atoms with Gasteiger partial charge in [-0.3, -0.25) is 10.2 Å². The van der Waals surface area contributed by atoms with Crippen LogP contribution in [0, 0.1) is 5.41 Å². The second-order valence-electron chi connectivity index (χ2n) is 6.11. The van der Waals surface area contributed by atoms with Gasteiger partial charge in [-0.25, -0.2) is 0 Å². The van der Waals surface area contributed by atoms with Crippen LogP contribution in [0.5, 0.6) is 0 Å². The lowest BCUT2D eigenvalue weighted by molar-refractivity contribution is 0.542. The summed E-state index contributed by atoms with van der Waals surface area (Å²) in [4.78, 5) is 15.5. The molecule has 0 saturated carbocycles. The van der Waals surface area contributed by atoms with Gasteiger partial charge in [0.25, 0.3) is 5.56 Å². The molecular formula is C19H14N2O2. The molecule has 0 aliphatic heterocycles. The summed E-state index contributed by atoms with van der Waals surface area (Å²) in [6, 6.07) is 12.0. The number of fused-ring (bicyclic) bond motifs is 7. The van der Waals surface area contributed by atoms with Crippen LogP contribution in [0.1, 0.15) is 17.7 Å². The summed E-state index contributed by atoms with van der Waals surface area (Å²) >= 11 is 0. The highest BCUT2D eigenvalue weighted by molar-refractivity contribution is 6.19. The van der Waals surface area contributed by atoms with E-state index in [4.69, 9.17) is 9.83 Å². The smallest absolute Gasteiger partial charge is 0.261 e. The molecule has 23 heavy (non-hydrogen) atoms. The van der Waals surface area contributed by atoms with Crippen LogP contribution in [0.25, 0.3) is 32.5 Å².